The molecule has 0 radical (unpaired) electrons. The number of benzene rings is 1. The predicted molar refractivity (Wildman–Crippen MR) is 126 cm³/mol. The molecule has 1 atom stereocenters. The Morgan fingerprint density at radius 2 is 1.72 bits per heavy atom. The minimum atomic E-state index is -0.322. The Morgan fingerprint density at radius 1 is 1.00 bits per heavy atom. The molecular formula is C24H36FN7. The van der Waals surface area contributed by atoms with Gasteiger partial charge in [-0.15, -0.1) is 5.10 Å². The molecule has 1 aromatic carbocycles. The minimum Gasteiger partial charge on any atom is -0.359 e. The number of halogens is 1. The Hall–Kier alpha value is -2.64. The van der Waals surface area contributed by atoms with E-state index in [0.717, 1.165) is 25.1 Å². The first-order valence-corrected chi connectivity index (χ1v) is 11.2. The van der Waals surface area contributed by atoms with Crippen LogP contribution in [0.2, 0.25) is 0 Å². The van der Waals surface area contributed by atoms with Gasteiger partial charge in [-0.1, -0.05) is 41.5 Å². The van der Waals surface area contributed by atoms with Crippen LogP contribution >= 0.6 is 0 Å². The molecule has 0 aliphatic heterocycles. The molecule has 0 fully saturated rings. The zero-order valence-electron chi connectivity index (χ0n) is 20.6. The van der Waals surface area contributed by atoms with E-state index in [1.54, 1.807) is 6.07 Å². The van der Waals surface area contributed by atoms with Gasteiger partial charge in [0, 0.05) is 5.39 Å². The van der Waals surface area contributed by atoms with Crippen molar-refractivity contribution in [3.63, 3.8) is 0 Å². The minimum absolute atomic E-state index is 0.113. The van der Waals surface area contributed by atoms with E-state index in [9.17, 15) is 4.39 Å². The van der Waals surface area contributed by atoms with Crippen LogP contribution in [0.4, 0.5) is 10.2 Å². The number of aromatic nitrogens is 6. The van der Waals surface area contributed by atoms with E-state index >= 15 is 0 Å². The molecule has 32 heavy (non-hydrogen) atoms. The highest BCUT2D eigenvalue weighted by atomic mass is 19.1. The lowest BCUT2D eigenvalue weighted by molar-refractivity contribution is 0.188. The van der Waals surface area contributed by atoms with Crippen LogP contribution in [-0.4, -0.2) is 30.2 Å². The smallest absolute Gasteiger partial charge is 0.174 e. The zero-order chi connectivity index (χ0) is 23.7. The third-order valence-corrected chi connectivity index (χ3v) is 5.43. The molecule has 3 rings (SSSR count). The van der Waals surface area contributed by atoms with E-state index in [1.807, 2.05) is 4.68 Å². The first-order chi connectivity index (χ1) is 14.8. The second-order valence-electron chi connectivity index (χ2n) is 11.7. The lowest BCUT2D eigenvalue weighted by atomic mass is 9.81. The van der Waals surface area contributed by atoms with Crippen molar-refractivity contribution in [2.24, 2.45) is 10.8 Å². The highest BCUT2D eigenvalue weighted by Crippen LogP contribution is 2.36. The molecule has 0 saturated heterocycles. The Labute approximate surface area is 190 Å². The van der Waals surface area contributed by atoms with E-state index < -0.39 is 0 Å². The van der Waals surface area contributed by atoms with Gasteiger partial charge in [-0.3, -0.25) is 0 Å². The molecule has 7 nitrogen and oxygen atoms in total. The summed E-state index contributed by atoms with van der Waals surface area (Å²) in [7, 11) is 0. The third-order valence-electron chi connectivity index (χ3n) is 5.43. The molecule has 0 aliphatic rings. The standard InChI is InChI=1S/C24H36FN7/c1-22(2,3)12-11-19(21-29-30-31-32(21)24(7,8)14-23(4,5)6)28-20-17-13-16(25)9-10-18(17)26-15-27-20/h9-10,13,15,19H,11-12,14H2,1-8H3,(H,26,27,28). The number of nitrogens with zero attached hydrogens (tertiary/aromatic N) is 6. The molecule has 3 aromatic rings. The number of anilines is 1. The average Bonchev–Trinajstić information content (AvgIpc) is 3.13. The molecule has 8 heteroatoms. The fraction of sp³-hybridized carbons (Fsp3) is 0.625. The Morgan fingerprint density at radius 3 is 2.38 bits per heavy atom. The van der Waals surface area contributed by atoms with Crippen molar-refractivity contribution in [1.82, 2.24) is 30.2 Å². The molecule has 0 spiro atoms. The maximum atomic E-state index is 14.0. The second kappa shape index (κ2) is 8.71. The van der Waals surface area contributed by atoms with Crippen molar-refractivity contribution in [2.45, 2.75) is 86.2 Å². The number of hydrogen-bond acceptors (Lipinski definition) is 6. The summed E-state index contributed by atoms with van der Waals surface area (Å²) in [5, 5.41) is 17.0. The van der Waals surface area contributed by atoms with Gasteiger partial charge in [0.15, 0.2) is 5.82 Å². The van der Waals surface area contributed by atoms with Crippen LogP contribution in [0.25, 0.3) is 10.9 Å². The number of nitrogens with one attached hydrogen (secondary N) is 1. The summed E-state index contributed by atoms with van der Waals surface area (Å²) < 4.78 is 15.9. The van der Waals surface area contributed by atoms with Crippen molar-refractivity contribution >= 4 is 16.7 Å². The van der Waals surface area contributed by atoms with E-state index in [4.69, 9.17) is 0 Å². The van der Waals surface area contributed by atoms with E-state index in [-0.39, 0.29) is 28.2 Å². The topological polar surface area (TPSA) is 81.4 Å². The number of rotatable bonds is 7. The summed E-state index contributed by atoms with van der Waals surface area (Å²) >= 11 is 0. The van der Waals surface area contributed by atoms with Gasteiger partial charge < -0.3 is 5.32 Å². The molecule has 1 unspecified atom stereocenters. The summed E-state index contributed by atoms with van der Waals surface area (Å²) in [4.78, 5) is 8.70. The van der Waals surface area contributed by atoms with E-state index in [1.165, 1.54) is 18.5 Å². The lowest BCUT2D eigenvalue weighted by Crippen LogP contribution is -2.35. The van der Waals surface area contributed by atoms with Crippen molar-refractivity contribution in [3.05, 3.63) is 36.2 Å². The average molecular weight is 442 g/mol. The van der Waals surface area contributed by atoms with Gasteiger partial charge in [-0.05, 0) is 72.6 Å². The fourth-order valence-electron chi connectivity index (χ4n) is 4.37. The molecule has 2 aromatic heterocycles. The van der Waals surface area contributed by atoms with Gasteiger partial charge >= 0.3 is 0 Å². The van der Waals surface area contributed by atoms with Crippen molar-refractivity contribution in [2.75, 3.05) is 5.32 Å². The normalized spacial score (nSPS) is 14.0. The predicted octanol–water partition coefficient (Wildman–Crippen LogP) is 5.91. The summed E-state index contributed by atoms with van der Waals surface area (Å²) in [6, 6.07) is 4.35. The largest absolute Gasteiger partial charge is 0.359 e. The maximum Gasteiger partial charge on any atom is 0.174 e. The van der Waals surface area contributed by atoms with Gasteiger partial charge in [-0.2, -0.15) is 0 Å². The molecule has 0 amide bonds. The van der Waals surface area contributed by atoms with Gasteiger partial charge in [0.2, 0.25) is 0 Å². The van der Waals surface area contributed by atoms with Crippen molar-refractivity contribution in [3.8, 4) is 0 Å². The van der Waals surface area contributed by atoms with Gasteiger partial charge in [0.25, 0.3) is 0 Å². The van der Waals surface area contributed by atoms with Gasteiger partial charge in [0.05, 0.1) is 17.1 Å². The van der Waals surface area contributed by atoms with Crippen LogP contribution in [0.3, 0.4) is 0 Å². The van der Waals surface area contributed by atoms with Gasteiger partial charge in [0.1, 0.15) is 18.0 Å². The summed E-state index contributed by atoms with van der Waals surface area (Å²) in [6.45, 7) is 17.6. The van der Waals surface area contributed by atoms with E-state index in [0.29, 0.717) is 16.7 Å². The van der Waals surface area contributed by atoms with Crippen molar-refractivity contribution < 1.29 is 4.39 Å². The summed E-state index contributed by atoms with van der Waals surface area (Å²) in [5.41, 5.74) is 0.657. The first-order valence-electron chi connectivity index (χ1n) is 11.2. The molecule has 0 aliphatic carbocycles. The Kier molecular flexibility index (Phi) is 6.54. The van der Waals surface area contributed by atoms with Crippen molar-refractivity contribution in [1.29, 1.82) is 0 Å². The van der Waals surface area contributed by atoms with Crippen LogP contribution in [0.5, 0.6) is 0 Å². The maximum absolute atomic E-state index is 14.0. The van der Waals surface area contributed by atoms with Crippen LogP contribution in [0.1, 0.15) is 86.5 Å². The second-order valence-corrected chi connectivity index (χ2v) is 11.7. The Balaban J connectivity index is 2.02. The first kappa shape index (κ1) is 24.0. The lowest BCUT2D eigenvalue weighted by Gasteiger charge is -2.34. The molecule has 2 heterocycles. The van der Waals surface area contributed by atoms with Crippen LogP contribution in [-0.2, 0) is 5.54 Å². The highest BCUT2D eigenvalue weighted by Gasteiger charge is 2.33. The monoisotopic (exact) mass is 441 g/mol. The highest BCUT2D eigenvalue weighted by molar-refractivity contribution is 5.88. The van der Waals surface area contributed by atoms with E-state index in [2.05, 4.69) is 86.2 Å². The summed E-state index contributed by atoms with van der Waals surface area (Å²) in [6.07, 6.45) is 4.16. The summed E-state index contributed by atoms with van der Waals surface area (Å²) in [5.74, 6) is 1.01. The van der Waals surface area contributed by atoms with Gasteiger partial charge in [-0.25, -0.2) is 19.0 Å². The van der Waals surface area contributed by atoms with Crippen LogP contribution < -0.4 is 5.32 Å². The zero-order valence-corrected chi connectivity index (χ0v) is 20.6. The van der Waals surface area contributed by atoms with Crippen LogP contribution in [0.15, 0.2) is 24.5 Å². The van der Waals surface area contributed by atoms with Crippen LogP contribution in [0, 0.1) is 16.6 Å². The number of hydrogen-bond donors (Lipinski definition) is 1. The molecular weight excluding hydrogens is 405 g/mol. The quantitative estimate of drug-likeness (QED) is 0.491. The number of fused-ring (bicyclic) bond motifs is 1. The SMILES string of the molecule is CC(C)(C)CCC(Nc1ncnc2ccc(F)cc12)c1nnnn1C(C)(C)CC(C)(C)C. The molecule has 0 saturated carbocycles. The number of tetrazole rings is 1. The fourth-order valence-corrected chi connectivity index (χ4v) is 4.37. The Bertz CT molecular complexity index is 1060. The third kappa shape index (κ3) is 5.99. The molecule has 1 N–H and O–H groups in total. The molecule has 0 bridgehead atoms. The molecule has 174 valence electrons.